The summed E-state index contributed by atoms with van der Waals surface area (Å²) in [6, 6.07) is 45.5. The first kappa shape index (κ1) is 44.1. The van der Waals surface area contributed by atoms with E-state index in [9.17, 15) is 9.90 Å². The Morgan fingerprint density at radius 3 is 1.68 bits per heavy atom. The first-order valence-corrected chi connectivity index (χ1v) is 18.2. The standard InChI is InChI=1S/C24H24O3.C17H16O2.C7H8O.BrH.Mg.H/c1-16-4-7-18(8-5-16)22-15-27-23-14-17(2)6-13-21(23)24(22,25)19-9-11-20(26-3)12-10-19;1-11-3-6-13(7-4-11)15-10-19-16-9-12(2)5-8-14(16)17(15)18;1-8-7-5-3-2-4-6-7;;;/h4-14,22,25H,15H2,1-3H3;3-9,15H,10H2,1-2H3;2-6H,1H3;1H;;/q;;;;+2;-1/p-1. The number of hydrogen-bond donors (Lipinski definition) is 1. The van der Waals surface area contributed by atoms with Gasteiger partial charge in [0.05, 0.1) is 38.2 Å². The number of hydrogen-bond acceptors (Lipinski definition) is 6. The van der Waals surface area contributed by atoms with Crippen molar-refractivity contribution >= 4 is 28.8 Å². The number of aliphatic hydroxyl groups is 1. The zero-order valence-corrected chi connectivity index (χ0v) is 35.9. The summed E-state index contributed by atoms with van der Waals surface area (Å²) >= 11 is 0. The van der Waals surface area contributed by atoms with Gasteiger partial charge in [-0.2, -0.15) is 0 Å². The number of methoxy groups -OCH3 is 2. The number of carbonyl (C=O) groups excluding carboxylic acids is 1. The van der Waals surface area contributed by atoms with Crippen LogP contribution >= 0.6 is 0 Å². The number of aryl methyl sites for hydroxylation is 4. The van der Waals surface area contributed by atoms with Crippen molar-refractivity contribution in [3.05, 3.63) is 190 Å². The molecular formula is C48H49BrMgO6. The average molecular weight is 826 g/mol. The molecule has 2 aliphatic rings. The van der Waals surface area contributed by atoms with E-state index in [1.165, 1.54) is 11.1 Å². The number of ether oxygens (including phenoxy) is 4. The van der Waals surface area contributed by atoms with Crippen LogP contribution in [0.2, 0.25) is 0 Å². The quantitative estimate of drug-likeness (QED) is 0.193. The summed E-state index contributed by atoms with van der Waals surface area (Å²) in [5, 5.41) is 12.1. The van der Waals surface area contributed by atoms with Crippen LogP contribution in [0.25, 0.3) is 0 Å². The van der Waals surface area contributed by atoms with Crippen molar-refractivity contribution in [3.63, 3.8) is 0 Å². The number of fused-ring (bicyclic) bond motifs is 2. The number of benzene rings is 6. The third-order valence-corrected chi connectivity index (χ3v) is 10.1. The largest absolute Gasteiger partial charge is 2.00 e. The van der Waals surface area contributed by atoms with Crippen LogP contribution in [0.4, 0.5) is 0 Å². The van der Waals surface area contributed by atoms with Crippen LogP contribution < -0.4 is 35.9 Å². The summed E-state index contributed by atoms with van der Waals surface area (Å²) in [6.07, 6.45) is 0. The Labute approximate surface area is 359 Å². The van der Waals surface area contributed by atoms with E-state index in [0.29, 0.717) is 24.5 Å². The second-order valence-corrected chi connectivity index (χ2v) is 13.9. The molecule has 6 nitrogen and oxygen atoms in total. The van der Waals surface area contributed by atoms with Crippen molar-refractivity contribution in [1.29, 1.82) is 0 Å². The second-order valence-electron chi connectivity index (χ2n) is 13.9. The van der Waals surface area contributed by atoms with Gasteiger partial charge in [0.25, 0.3) is 0 Å². The predicted octanol–water partition coefficient (Wildman–Crippen LogP) is 6.82. The molecule has 56 heavy (non-hydrogen) atoms. The average Bonchev–Trinajstić information content (AvgIpc) is 3.20. The Bertz CT molecular complexity index is 2180. The number of Topliss-reactive ketones (excluding diaryl/α,β-unsaturated/α-hetero) is 1. The van der Waals surface area contributed by atoms with Gasteiger partial charge < -0.3 is 42.5 Å². The van der Waals surface area contributed by atoms with Crippen LogP contribution in [0.15, 0.2) is 140 Å². The minimum atomic E-state index is -1.18. The molecule has 6 aromatic carbocycles. The fourth-order valence-electron chi connectivity index (χ4n) is 6.88. The van der Waals surface area contributed by atoms with Crippen molar-refractivity contribution in [2.24, 2.45) is 0 Å². The van der Waals surface area contributed by atoms with Crippen molar-refractivity contribution in [3.8, 4) is 23.0 Å². The van der Waals surface area contributed by atoms with Crippen LogP contribution in [0.1, 0.15) is 68.1 Å². The molecule has 0 saturated carbocycles. The van der Waals surface area contributed by atoms with Gasteiger partial charge >= 0.3 is 23.1 Å². The summed E-state index contributed by atoms with van der Waals surface area (Å²) < 4.78 is 22.0. The molecule has 0 saturated heterocycles. The zero-order valence-electron chi connectivity index (χ0n) is 33.9. The van der Waals surface area contributed by atoms with E-state index in [4.69, 9.17) is 18.9 Å². The molecule has 0 fully saturated rings. The Morgan fingerprint density at radius 2 is 1.11 bits per heavy atom. The van der Waals surface area contributed by atoms with Crippen LogP contribution in [0, 0.1) is 27.7 Å². The summed E-state index contributed by atoms with van der Waals surface area (Å²) in [7, 11) is 3.31. The summed E-state index contributed by atoms with van der Waals surface area (Å²) in [5.74, 6) is 2.91. The molecule has 1 N–H and O–H groups in total. The number of ketones is 1. The number of rotatable bonds is 5. The van der Waals surface area contributed by atoms with Gasteiger partial charge in [-0.15, -0.1) is 0 Å². The van der Waals surface area contributed by atoms with Gasteiger partial charge in [-0.1, -0.05) is 108 Å². The van der Waals surface area contributed by atoms with Crippen molar-refractivity contribution in [2.75, 3.05) is 27.4 Å². The van der Waals surface area contributed by atoms with E-state index in [1.807, 2.05) is 136 Å². The SMILES string of the molecule is COc1ccc(C2(O)c3ccc(C)cc3OCC2c2ccc(C)cc2)cc1.COc1ccccc1.Cc1ccc(C2COc3cc(C)ccc3C2=O)cc1.[Br-].[H-].[Mg+2]. The Kier molecular flexibility index (Phi) is 15.8. The molecule has 0 spiro atoms. The van der Waals surface area contributed by atoms with Gasteiger partial charge in [-0.25, -0.2) is 0 Å². The number of halogens is 1. The second kappa shape index (κ2) is 20.0. The van der Waals surface area contributed by atoms with Gasteiger partial charge in [0, 0.05) is 5.56 Å². The van der Waals surface area contributed by atoms with E-state index in [0.717, 1.165) is 50.6 Å². The van der Waals surface area contributed by atoms with E-state index in [2.05, 4.69) is 31.2 Å². The monoisotopic (exact) mass is 824 g/mol. The van der Waals surface area contributed by atoms with E-state index in [1.54, 1.807) is 14.2 Å². The van der Waals surface area contributed by atoms with Crippen molar-refractivity contribution < 1.29 is 47.3 Å². The van der Waals surface area contributed by atoms with Gasteiger partial charge in [0.1, 0.15) is 35.2 Å². The molecule has 0 amide bonds. The van der Waals surface area contributed by atoms with Crippen LogP contribution in [-0.2, 0) is 5.60 Å². The maximum absolute atomic E-state index is 12.5. The molecular weight excluding hydrogens is 777 g/mol. The van der Waals surface area contributed by atoms with Gasteiger partial charge in [-0.05, 0) is 98.0 Å². The van der Waals surface area contributed by atoms with E-state index >= 15 is 0 Å². The van der Waals surface area contributed by atoms with E-state index < -0.39 is 5.60 Å². The predicted molar refractivity (Wildman–Crippen MR) is 221 cm³/mol. The molecule has 6 aromatic rings. The van der Waals surface area contributed by atoms with Crippen LogP contribution in [0.5, 0.6) is 23.0 Å². The van der Waals surface area contributed by atoms with Gasteiger partial charge in [0.15, 0.2) is 5.78 Å². The molecule has 0 aliphatic carbocycles. The Morgan fingerprint density at radius 1 is 0.607 bits per heavy atom. The fourth-order valence-corrected chi connectivity index (χ4v) is 6.88. The fraction of sp³-hybridized carbons (Fsp3) is 0.229. The molecule has 3 atom stereocenters. The Balaban J connectivity index is 0.000000253. The third kappa shape index (κ3) is 10.0. The van der Waals surface area contributed by atoms with Crippen LogP contribution in [0.3, 0.4) is 0 Å². The van der Waals surface area contributed by atoms with Gasteiger partial charge in [-0.3, -0.25) is 4.79 Å². The van der Waals surface area contributed by atoms with Crippen molar-refractivity contribution in [1.82, 2.24) is 0 Å². The van der Waals surface area contributed by atoms with E-state index in [-0.39, 0.29) is 59.1 Å². The first-order valence-electron chi connectivity index (χ1n) is 18.2. The van der Waals surface area contributed by atoms with Gasteiger partial charge in [0.2, 0.25) is 0 Å². The summed E-state index contributed by atoms with van der Waals surface area (Å²) in [5.41, 5.74) is 7.86. The van der Waals surface area contributed by atoms with Crippen molar-refractivity contribution in [2.45, 2.75) is 45.1 Å². The molecule has 0 aromatic heterocycles. The third-order valence-electron chi connectivity index (χ3n) is 10.1. The minimum Gasteiger partial charge on any atom is -1.00 e. The summed E-state index contributed by atoms with van der Waals surface area (Å²) in [6.45, 7) is 8.98. The summed E-state index contributed by atoms with van der Waals surface area (Å²) in [4.78, 5) is 12.5. The molecule has 286 valence electrons. The number of carbonyl (C=O) groups is 1. The molecule has 0 radical (unpaired) electrons. The molecule has 8 heteroatoms. The first-order chi connectivity index (χ1) is 26.1. The Hall–Kier alpha value is -4.60. The normalized spacial score (nSPS) is 17.5. The maximum Gasteiger partial charge on any atom is 2.00 e. The molecule has 3 unspecified atom stereocenters. The topological polar surface area (TPSA) is 74.2 Å². The zero-order chi connectivity index (χ0) is 38.2. The molecule has 2 heterocycles. The molecule has 8 rings (SSSR count). The number of para-hydroxylation sites is 1. The minimum absolute atomic E-state index is 0. The molecule has 0 bridgehead atoms. The maximum atomic E-state index is 12.5. The van der Waals surface area contributed by atoms with Crippen LogP contribution in [-0.4, -0.2) is 61.4 Å². The molecule has 2 aliphatic heterocycles. The smallest absolute Gasteiger partial charge is 1.00 e.